The zero-order valence-electron chi connectivity index (χ0n) is 19.9. The van der Waals surface area contributed by atoms with E-state index in [1.54, 1.807) is 0 Å². The van der Waals surface area contributed by atoms with E-state index in [0.717, 1.165) is 29.5 Å². The molecule has 0 aliphatic rings. The Hall–Kier alpha value is -1.51. The zero-order valence-corrected chi connectivity index (χ0v) is 19.9. The molecule has 0 saturated carbocycles. The van der Waals surface area contributed by atoms with Crippen LogP contribution in [0.2, 0.25) is 0 Å². The number of phenols is 1. The second kappa shape index (κ2) is 11.0. The molecule has 1 unspecified atom stereocenters. The van der Waals surface area contributed by atoms with Crippen LogP contribution in [-0.2, 0) is 15.6 Å². The molecule has 0 spiro atoms. The molecule has 1 atom stereocenters. The summed E-state index contributed by atoms with van der Waals surface area (Å²) < 4.78 is 0. The number of rotatable bonds is 11. The summed E-state index contributed by atoms with van der Waals surface area (Å²) >= 11 is 0. The van der Waals surface area contributed by atoms with Gasteiger partial charge in [0, 0.05) is 11.9 Å². The van der Waals surface area contributed by atoms with E-state index in [1.807, 2.05) is 53.7 Å². The Morgan fingerprint density at radius 1 is 0.862 bits per heavy atom. The molecule has 1 N–H and O–H groups in total. The molecule has 166 valence electrons. The standard InChI is InChI=1S/C26H44O3/c1-8-9-10-11-12-13-14-15-16-20(24(28)29)19-17-21(25(2,3)4)23(27)22(18-19)26(5,6)7/h17-18,20,27H,8-16H2,1-7H3,(H,28,29)/p-1. The van der Waals surface area contributed by atoms with Crippen LogP contribution in [0, 0.1) is 0 Å². The van der Waals surface area contributed by atoms with E-state index >= 15 is 0 Å². The van der Waals surface area contributed by atoms with Crippen LogP contribution in [0.5, 0.6) is 5.75 Å². The Morgan fingerprint density at radius 2 is 1.28 bits per heavy atom. The first-order valence-electron chi connectivity index (χ1n) is 11.5. The molecule has 0 aliphatic carbocycles. The first-order chi connectivity index (χ1) is 13.4. The number of carboxylic acid groups (broad SMARTS) is 1. The third kappa shape index (κ3) is 8.03. The fraction of sp³-hybridized carbons (Fsp3) is 0.731. The molecule has 0 saturated heterocycles. The van der Waals surface area contributed by atoms with Gasteiger partial charge in [0.2, 0.25) is 0 Å². The maximum Gasteiger partial charge on any atom is 0.123 e. The molecule has 29 heavy (non-hydrogen) atoms. The number of carbonyl (C=O) groups is 1. The summed E-state index contributed by atoms with van der Waals surface area (Å²) in [4.78, 5) is 12.0. The Balaban J connectivity index is 2.97. The number of benzene rings is 1. The molecule has 0 amide bonds. The summed E-state index contributed by atoms with van der Waals surface area (Å²) in [5.41, 5.74) is 1.84. The fourth-order valence-corrected chi connectivity index (χ4v) is 3.90. The number of hydrogen-bond acceptors (Lipinski definition) is 3. The van der Waals surface area contributed by atoms with Crippen LogP contribution in [0.4, 0.5) is 0 Å². The van der Waals surface area contributed by atoms with Crippen molar-refractivity contribution in [3.8, 4) is 5.75 Å². The van der Waals surface area contributed by atoms with Crippen LogP contribution < -0.4 is 5.11 Å². The topological polar surface area (TPSA) is 60.4 Å². The van der Waals surface area contributed by atoms with Crippen molar-refractivity contribution in [1.82, 2.24) is 0 Å². The van der Waals surface area contributed by atoms with Gasteiger partial charge in [-0.25, -0.2) is 0 Å². The summed E-state index contributed by atoms with van der Waals surface area (Å²) in [5, 5.41) is 22.8. The molecular weight excluding hydrogens is 360 g/mol. The van der Waals surface area contributed by atoms with Crippen molar-refractivity contribution in [3.05, 3.63) is 28.8 Å². The number of phenolic OH excluding ortho intramolecular Hbond substituents is 1. The molecule has 0 fully saturated rings. The van der Waals surface area contributed by atoms with Crippen LogP contribution in [-0.4, -0.2) is 11.1 Å². The number of aromatic hydroxyl groups is 1. The normalized spacial score (nSPS) is 13.5. The van der Waals surface area contributed by atoms with Gasteiger partial charge in [-0.3, -0.25) is 0 Å². The van der Waals surface area contributed by atoms with Crippen molar-refractivity contribution >= 4 is 5.97 Å². The molecular formula is C26H43O3-. The minimum atomic E-state index is -1.02. The summed E-state index contributed by atoms with van der Waals surface area (Å²) in [7, 11) is 0. The van der Waals surface area contributed by atoms with Gasteiger partial charge in [-0.05, 0) is 33.9 Å². The van der Waals surface area contributed by atoms with E-state index in [9.17, 15) is 15.0 Å². The van der Waals surface area contributed by atoms with E-state index < -0.39 is 11.9 Å². The van der Waals surface area contributed by atoms with Gasteiger partial charge in [0.05, 0.1) is 0 Å². The Bertz CT molecular complexity index is 612. The lowest BCUT2D eigenvalue weighted by atomic mass is 9.76. The van der Waals surface area contributed by atoms with Crippen molar-refractivity contribution in [3.63, 3.8) is 0 Å². The second-order valence-corrected chi connectivity index (χ2v) is 10.6. The Kier molecular flexibility index (Phi) is 9.71. The maximum atomic E-state index is 12.0. The van der Waals surface area contributed by atoms with E-state index in [0.29, 0.717) is 6.42 Å². The SMILES string of the molecule is CCCCCCCCCCC(C(=O)[O-])c1cc(C(C)(C)C)c(O)c(C(C)(C)C)c1. The van der Waals surface area contributed by atoms with E-state index in [-0.39, 0.29) is 16.6 Å². The minimum Gasteiger partial charge on any atom is -0.549 e. The van der Waals surface area contributed by atoms with Crippen LogP contribution in [0.3, 0.4) is 0 Å². The molecule has 0 aromatic heterocycles. The first-order valence-corrected chi connectivity index (χ1v) is 11.5. The van der Waals surface area contributed by atoms with Gasteiger partial charge in [0.1, 0.15) is 5.75 Å². The molecule has 1 aromatic rings. The summed E-state index contributed by atoms with van der Waals surface area (Å²) in [6.07, 6.45) is 10.1. The van der Waals surface area contributed by atoms with Gasteiger partial charge in [-0.1, -0.05) is 112 Å². The predicted molar refractivity (Wildman–Crippen MR) is 120 cm³/mol. The maximum absolute atomic E-state index is 12.0. The molecule has 3 heteroatoms. The number of carbonyl (C=O) groups excluding carboxylic acids is 1. The Labute approximate surface area is 178 Å². The predicted octanol–water partition coefficient (Wildman–Crippen LogP) is 6.35. The van der Waals surface area contributed by atoms with Crippen LogP contribution in [0.15, 0.2) is 12.1 Å². The highest BCUT2D eigenvalue weighted by Gasteiger charge is 2.28. The van der Waals surface area contributed by atoms with Gasteiger partial charge >= 0.3 is 0 Å². The van der Waals surface area contributed by atoms with Crippen LogP contribution in [0.25, 0.3) is 0 Å². The van der Waals surface area contributed by atoms with Gasteiger partial charge < -0.3 is 15.0 Å². The van der Waals surface area contributed by atoms with Crippen molar-refractivity contribution < 1.29 is 15.0 Å². The van der Waals surface area contributed by atoms with Crippen LogP contribution in [0.1, 0.15) is 129 Å². The van der Waals surface area contributed by atoms with E-state index in [4.69, 9.17) is 0 Å². The van der Waals surface area contributed by atoms with Crippen molar-refractivity contribution in [1.29, 1.82) is 0 Å². The molecule has 3 nitrogen and oxygen atoms in total. The third-order valence-corrected chi connectivity index (χ3v) is 5.78. The number of hydrogen-bond donors (Lipinski definition) is 1. The van der Waals surface area contributed by atoms with Gasteiger partial charge in [0.25, 0.3) is 0 Å². The average molecular weight is 404 g/mol. The minimum absolute atomic E-state index is 0.269. The lowest BCUT2D eigenvalue weighted by Crippen LogP contribution is -2.30. The smallest absolute Gasteiger partial charge is 0.123 e. The molecule has 0 bridgehead atoms. The zero-order chi connectivity index (χ0) is 22.2. The molecule has 0 radical (unpaired) electrons. The monoisotopic (exact) mass is 403 g/mol. The second-order valence-electron chi connectivity index (χ2n) is 10.6. The quantitative estimate of drug-likeness (QED) is 0.438. The Morgan fingerprint density at radius 3 is 1.66 bits per heavy atom. The number of aliphatic carboxylic acids is 1. The lowest BCUT2D eigenvalue weighted by molar-refractivity contribution is -0.308. The van der Waals surface area contributed by atoms with Crippen molar-refractivity contribution in [2.24, 2.45) is 0 Å². The molecule has 1 rings (SSSR count). The number of unbranched alkanes of at least 4 members (excludes halogenated alkanes) is 7. The van der Waals surface area contributed by atoms with Crippen LogP contribution >= 0.6 is 0 Å². The van der Waals surface area contributed by atoms with Crippen molar-refractivity contribution in [2.75, 3.05) is 0 Å². The van der Waals surface area contributed by atoms with Gasteiger partial charge in [-0.15, -0.1) is 0 Å². The van der Waals surface area contributed by atoms with Gasteiger partial charge in [-0.2, -0.15) is 0 Å². The highest BCUT2D eigenvalue weighted by atomic mass is 16.4. The highest BCUT2D eigenvalue weighted by molar-refractivity contribution is 5.74. The molecule has 0 heterocycles. The summed E-state index contributed by atoms with van der Waals surface area (Å²) in [5.74, 6) is -1.35. The largest absolute Gasteiger partial charge is 0.549 e. The van der Waals surface area contributed by atoms with Crippen molar-refractivity contribution in [2.45, 2.75) is 123 Å². The fourth-order valence-electron chi connectivity index (χ4n) is 3.90. The molecule has 1 aromatic carbocycles. The van der Waals surface area contributed by atoms with E-state index in [2.05, 4.69) is 6.92 Å². The van der Waals surface area contributed by atoms with E-state index in [1.165, 1.54) is 38.5 Å². The lowest BCUT2D eigenvalue weighted by Gasteiger charge is -2.30. The van der Waals surface area contributed by atoms with Gasteiger partial charge in [0.15, 0.2) is 0 Å². The number of carboxylic acids is 1. The average Bonchev–Trinajstić information content (AvgIpc) is 2.58. The first kappa shape index (κ1) is 25.5. The summed E-state index contributed by atoms with van der Waals surface area (Å²) in [6, 6.07) is 3.77. The summed E-state index contributed by atoms with van der Waals surface area (Å²) in [6.45, 7) is 14.5. The molecule has 0 aliphatic heterocycles. The highest BCUT2D eigenvalue weighted by Crippen LogP contribution is 2.41. The third-order valence-electron chi connectivity index (χ3n) is 5.78.